The van der Waals surface area contributed by atoms with Crippen molar-refractivity contribution in [2.75, 3.05) is 18.9 Å². The number of thioether (sulfide) groups is 1. The van der Waals surface area contributed by atoms with Gasteiger partial charge in [-0.2, -0.15) is 11.8 Å². The molecule has 0 aliphatic carbocycles. The van der Waals surface area contributed by atoms with Crippen molar-refractivity contribution in [2.45, 2.75) is 24.7 Å². The normalized spacial score (nSPS) is 19.4. The van der Waals surface area contributed by atoms with E-state index in [0.717, 1.165) is 37.5 Å². The zero-order chi connectivity index (χ0) is 11.9. The van der Waals surface area contributed by atoms with E-state index in [2.05, 4.69) is 22.8 Å². The monoisotopic (exact) mass is 271 g/mol. The summed E-state index contributed by atoms with van der Waals surface area (Å²) in [4.78, 5) is 13.0. The Bertz CT molecular complexity index is 334. The van der Waals surface area contributed by atoms with Crippen LogP contribution in [0.1, 0.15) is 17.7 Å². The molecule has 3 nitrogen and oxygen atoms in total. The largest absolute Gasteiger partial charge is 0.368 e. The molecule has 0 saturated carbocycles. The molecule has 17 heavy (non-hydrogen) atoms. The maximum absolute atomic E-state index is 11.6. The predicted molar refractivity (Wildman–Crippen MR) is 72.5 cm³/mol. The molecule has 1 aliphatic heterocycles. The Morgan fingerprint density at radius 3 is 3.29 bits per heavy atom. The number of hydrogen-bond donors (Lipinski definition) is 1. The zero-order valence-corrected chi connectivity index (χ0v) is 11.3. The van der Waals surface area contributed by atoms with Gasteiger partial charge >= 0.3 is 0 Å². The number of thiophene rings is 1. The van der Waals surface area contributed by atoms with Crippen molar-refractivity contribution in [1.82, 2.24) is 5.32 Å². The van der Waals surface area contributed by atoms with Crippen LogP contribution in [0.25, 0.3) is 0 Å². The summed E-state index contributed by atoms with van der Waals surface area (Å²) in [6.45, 7) is 1.46. The van der Waals surface area contributed by atoms with E-state index in [-0.39, 0.29) is 12.0 Å². The summed E-state index contributed by atoms with van der Waals surface area (Å²) in [5, 5.41) is 5.02. The molecule has 0 radical (unpaired) electrons. The molecular weight excluding hydrogens is 254 g/mol. The maximum atomic E-state index is 11.6. The molecule has 1 aromatic heterocycles. The van der Waals surface area contributed by atoms with Gasteiger partial charge in [0.1, 0.15) is 6.10 Å². The second kappa shape index (κ2) is 7.03. The van der Waals surface area contributed by atoms with Gasteiger partial charge in [-0.3, -0.25) is 4.79 Å². The summed E-state index contributed by atoms with van der Waals surface area (Å²) in [7, 11) is 0. The molecule has 1 atom stereocenters. The van der Waals surface area contributed by atoms with Crippen LogP contribution in [0.15, 0.2) is 17.5 Å². The molecule has 94 valence electrons. The Labute approximate surface area is 110 Å². The average molecular weight is 271 g/mol. The average Bonchev–Trinajstić information content (AvgIpc) is 3.01. The van der Waals surface area contributed by atoms with E-state index in [9.17, 15) is 4.79 Å². The lowest BCUT2D eigenvalue weighted by Crippen LogP contribution is -2.35. The Kier molecular flexibility index (Phi) is 5.35. The summed E-state index contributed by atoms with van der Waals surface area (Å²) >= 11 is 3.63. The molecule has 5 heteroatoms. The second-order valence-corrected chi connectivity index (χ2v) is 6.06. The zero-order valence-electron chi connectivity index (χ0n) is 9.69. The van der Waals surface area contributed by atoms with Crippen molar-refractivity contribution in [3.63, 3.8) is 0 Å². The van der Waals surface area contributed by atoms with Gasteiger partial charge in [-0.05, 0) is 24.3 Å². The van der Waals surface area contributed by atoms with Crippen LogP contribution in [0.3, 0.4) is 0 Å². The lowest BCUT2D eigenvalue weighted by atomic mass is 10.2. The van der Waals surface area contributed by atoms with Crippen LogP contribution in [0.2, 0.25) is 0 Å². The lowest BCUT2D eigenvalue weighted by molar-refractivity contribution is -0.129. The first-order valence-electron chi connectivity index (χ1n) is 5.86. The smallest absolute Gasteiger partial charge is 0.249 e. The quantitative estimate of drug-likeness (QED) is 0.807. The van der Waals surface area contributed by atoms with E-state index < -0.39 is 0 Å². The van der Waals surface area contributed by atoms with Crippen molar-refractivity contribution in [3.05, 3.63) is 22.4 Å². The minimum absolute atomic E-state index is 0.0548. The van der Waals surface area contributed by atoms with E-state index in [4.69, 9.17) is 4.74 Å². The third kappa shape index (κ3) is 4.33. The van der Waals surface area contributed by atoms with Crippen LogP contribution in [-0.4, -0.2) is 30.9 Å². The highest BCUT2D eigenvalue weighted by Crippen LogP contribution is 2.16. The number of amides is 1. The third-order valence-corrected chi connectivity index (χ3v) is 4.66. The van der Waals surface area contributed by atoms with Crippen molar-refractivity contribution in [1.29, 1.82) is 0 Å². The summed E-state index contributed by atoms with van der Waals surface area (Å²) in [5.41, 5.74) is 0. The number of carbonyl (C=O) groups excluding carboxylic acids is 1. The molecule has 1 aliphatic rings. The minimum atomic E-state index is -0.197. The van der Waals surface area contributed by atoms with Gasteiger partial charge in [0.15, 0.2) is 0 Å². The molecule has 1 aromatic rings. The summed E-state index contributed by atoms with van der Waals surface area (Å²) < 4.78 is 5.31. The van der Waals surface area contributed by atoms with Crippen LogP contribution in [0.4, 0.5) is 0 Å². The van der Waals surface area contributed by atoms with Gasteiger partial charge in [0.25, 0.3) is 0 Å². The van der Waals surface area contributed by atoms with Gasteiger partial charge < -0.3 is 10.1 Å². The highest BCUT2D eigenvalue weighted by molar-refractivity contribution is 7.98. The number of hydrogen-bond acceptors (Lipinski definition) is 4. The fourth-order valence-electron chi connectivity index (χ4n) is 1.71. The topological polar surface area (TPSA) is 38.3 Å². The molecule has 0 spiro atoms. The van der Waals surface area contributed by atoms with Crippen molar-refractivity contribution in [3.8, 4) is 0 Å². The molecule has 0 bridgehead atoms. The van der Waals surface area contributed by atoms with E-state index in [1.165, 1.54) is 4.88 Å². The van der Waals surface area contributed by atoms with E-state index in [1.54, 1.807) is 11.3 Å². The highest BCUT2D eigenvalue weighted by Gasteiger charge is 2.22. The van der Waals surface area contributed by atoms with Crippen molar-refractivity contribution >= 4 is 29.0 Å². The molecule has 1 fully saturated rings. The van der Waals surface area contributed by atoms with Crippen molar-refractivity contribution in [2.24, 2.45) is 0 Å². The third-order valence-electron chi connectivity index (χ3n) is 2.59. The first-order chi connectivity index (χ1) is 8.36. The van der Waals surface area contributed by atoms with Gasteiger partial charge in [0.05, 0.1) is 0 Å². The molecule has 2 heterocycles. The molecular formula is C12H17NO2S2. The van der Waals surface area contributed by atoms with Crippen LogP contribution in [-0.2, 0) is 15.3 Å². The minimum Gasteiger partial charge on any atom is -0.368 e. The molecule has 1 saturated heterocycles. The molecule has 2 rings (SSSR count). The highest BCUT2D eigenvalue weighted by atomic mass is 32.2. The molecule has 0 aromatic carbocycles. The van der Waals surface area contributed by atoms with Gasteiger partial charge in [0.2, 0.25) is 5.91 Å². The number of ether oxygens (including phenoxy) is 1. The Morgan fingerprint density at radius 1 is 1.65 bits per heavy atom. The summed E-state index contributed by atoms with van der Waals surface area (Å²) in [6, 6.07) is 4.21. The summed E-state index contributed by atoms with van der Waals surface area (Å²) in [6.07, 6.45) is 1.68. The first-order valence-corrected chi connectivity index (χ1v) is 7.89. The van der Waals surface area contributed by atoms with Crippen LogP contribution in [0, 0.1) is 0 Å². The number of nitrogens with one attached hydrogen (secondary N) is 1. The Hall–Kier alpha value is -0.520. The molecule has 1 N–H and O–H groups in total. The van der Waals surface area contributed by atoms with Gasteiger partial charge in [-0.15, -0.1) is 11.3 Å². The summed E-state index contributed by atoms with van der Waals surface area (Å²) in [5.74, 6) is 2.04. The first kappa shape index (κ1) is 12.9. The predicted octanol–water partition coefficient (Wildman–Crippen LogP) is 2.28. The van der Waals surface area contributed by atoms with E-state index in [0.29, 0.717) is 0 Å². The van der Waals surface area contributed by atoms with Crippen molar-refractivity contribution < 1.29 is 9.53 Å². The lowest BCUT2D eigenvalue weighted by Gasteiger charge is -2.09. The standard InChI is InChI=1S/C12H17NO2S2/c14-12(11-4-1-6-15-11)13-5-8-16-9-10-3-2-7-17-10/h2-3,7,11H,1,4-6,8-9H2,(H,13,14)/t11-/m0/s1. The number of rotatable bonds is 6. The van der Waals surface area contributed by atoms with Gasteiger partial charge in [-0.1, -0.05) is 6.07 Å². The maximum Gasteiger partial charge on any atom is 0.249 e. The van der Waals surface area contributed by atoms with Gasteiger partial charge in [0, 0.05) is 29.5 Å². The fraction of sp³-hybridized carbons (Fsp3) is 0.583. The van der Waals surface area contributed by atoms with Crippen LogP contribution < -0.4 is 5.32 Å². The van der Waals surface area contributed by atoms with E-state index in [1.807, 2.05) is 11.8 Å². The SMILES string of the molecule is O=C(NCCSCc1cccs1)[C@@H]1CCCO1. The Morgan fingerprint density at radius 2 is 2.59 bits per heavy atom. The molecule has 0 unspecified atom stereocenters. The van der Waals surface area contributed by atoms with Crippen LogP contribution in [0.5, 0.6) is 0 Å². The van der Waals surface area contributed by atoms with Gasteiger partial charge in [-0.25, -0.2) is 0 Å². The fourth-order valence-corrected chi connectivity index (χ4v) is 3.41. The molecule has 1 amide bonds. The van der Waals surface area contributed by atoms with Crippen LogP contribution >= 0.6 is 23.1 Å². The Balaban J connectivity index is 1.52. The number of carbonyl (C=O) groups is 1. The second-order valence-electron chi connectivity index (χ2n) is 3.92. The van der Waals surface area contributed by atoms with E-state index >= 15 is 0 Å².